The van der Waals surface area contributed by atoms with Crippen molar-refractivity contribution in [2.75, 3.05) is 5.73 Å². The molecule has 0 heterocycles. The number of hydrogen-bond acceptors (Lipinski definition) is 2. The van der Waals surface area contributed by atoms with Crippen LogP contribution in [-0.4, -0.2) is 5.91 Å². The Balaban J connectivity index is 2.60. The molecular weight excluding hydrogens is 200 g/mol. The maximum atomic E-state index is 11.3. The number of benzene rings is 2. The fraction of sp³-hybridized carbons (Fsp3) is 0. The molecule has 0 saturated heterocycles. The molecule has 2 aromatic carbocycles. The van der Waals surface area contributed by atoms with Gasteiger partial charge in [0.15, 0.2) is 0 Å². The number of hydrogen-bond donors (Lipinski definition) is 2. The Morgan fingerprint density at radius 1 is 1.00 bits per heavy atom. The van der Waals surface area contributed by atoms with E-state index < -0.39 is 5.91 Å². The van der Waals surface area contributed by atoms with Gasteiger partial charge >= 0.3 is 0 Å². The quantitative estimate of drug-likeness (QED) is 0.748. The molecule has 0 fully saturated rings. The van der Waals surface area contributed by atoms with Crippen LogP contribution >= 0.6 is 0 Å². The van der Waals surface area contributed by atoms with Gasteiger partial charge in [-0.25, -0.2) is 0 Å². The van der Waals surface area contributed by atoms with E-state index in [0.717, 1.165) is 11.1 Å². The van der Waals surface area contributed by atoms with E-state index in [1.165, 1.54) is 0 Å². The van der Waals surface area contributed by atoms with Crippen LogP contribution in [0.2, 0.25) is 0 Å². The summed E-state index contributed by atoms with van der Waals surface area (Å²) in [5.74, 6) is -0.432. The number of amides is 1. The first-order valence-electron chi connectivity index (χ1n) is 4.93. The average Bonchev–Trinajstić information content (AvgIpc) is 2.29. The van der Waals surface area contributed by atoms with Crippen LogP contribution in [0, 0.1) is 0 Å². The minimum Gasteiger partial charge on any atom is -0.399 e. The minimum atomic E-state index is -0.432. The zero-order chi connectivity index (χ0) is 11.5. The molecule has 0 spiro atoms. The van der Waals surface area contributed by atoms with Gasteiger partial charge in [0.25, 0.3) is 0 Å². The van der Waals surface area contributed by atoms with Crippen LogP contribution in [0.1, 0.15) is 10.4 Å². The molecule has 0 aliphatic rings. The molecular formula is C13H12N2O. The summed E-state index contributed by atoms with van der Waals surface area (Å²) < 4.78 is 0. The van der Waals surface area contributed by atoms with Gasteiger partial charge in [0.2, 0.25) is 5.91 Å². The Morgan fingerprint density at radius 2 is 1.75 bits per heavy atom. The predicted octanol–water partition coefficient (Wildman–Crippen LogP) is 2.03. The number of rotatable bonds is 2. The fourth-order valence-corrected chi connectivity index (χ4v) is 1.66. The SMILES string of the molecule is NC(=O)c1ccccc1-c1cccc(N)c1. The molecule has 0 bridgehead atoms. The Kier molecular flexibility index (Phi) is 2.60. The highest BCUT2D eigenvalue weighted by molar-refractivity contribution is 5.99. The summed E-state index contributed by atoms with van der Waals surface area (Å²) >= 11 is 0. The maximum Gasteiger partial charge on any atom is 0.249 e. The van der Waals surface area contributed by atoms with Crippen molar-refractivity contribution >= 4 is 11.6 Å². The van der Waals surface area contributed by atoms with Crippen molar-refractivity contribution in [3.63, 3.8) is 0 Å². The van der Waals surface area contributed by atoms with E-state index in [1.54, 1.807) is 18.2 Å². The normalized spacial score (nSPS) is 10.0. The van der Waals surface area contributed by atoms with E-state index >= 15 is 0 Å². The molecule has 0 unspecified atom stereocenters. The van der Waals surface area contributed by atoms with Crippen LogP contribution in [0.15, 0.2) is 48.5 Å². The number of nitrogen functional groups attached to an aromatic ring is 1. The van der Waals surface area contributed by atoms with E-state index in [4.69, 9.17) is 11.5 Å². The lowest BCUT2D eigenvalue weighted by molar-refractivity contribution is 0.100. The maximum absolute atomic E-state index is 11.3. The molecule has 0 aromatic heterocycles. The summed E-state index contributed by atoms with van der Waals surface area (Å²) in [6, 6.07) is 14.6. The molecule has 2 rings (SSSR count). The van der Waals surface area contributed by atoms with Crippen molar-refractivity contribution in [1.29, 1.82) is 0 Å². The van der Waals surface area contributed by atoms with Crippen molar-refractivity contribution < 1.29 is 4.79 Å². The zero-order valence-electron chi connectivity index (χ0n) is 8.68. The van der Waals surface area contributed by atoms with Crippen LogP contribution < -0.4 is 11.5 Å². The van der Waals surface area contributed by atoms with Gasteiger partial charge in [0.05, 0.1) is 0 Å². The Morgan fingerprint density at radius 3 is 2.44 bits per heavy atom. The molecule has 3 heteroatoms. The topological polar surface area (TPSA) is 69.1 Å². The second-order valence-corrected chi connectivity index (χ2v) is 3.54. The largest absolute Gasteiger partial charge is 0.399 e. The van der Waals surface area contributed by atoms with Gasteiger partial charge in [-0.3, -0.25) is 4.79 Å². The lowest BCUT2D eigenvalue weighted by atomic mass is 9.99. The minimum absolute atomic E-state index is 0.432. The van der Waals surface area contributed by atoms with Crippen LogP contribution in [0.3, 0.4) is 0 Å². The number of primary amides is 1. The van der Waals surface area contributed by atoms with Crippen molar-refractivity contribution in [2.45, 2.75) is 0 Å². The lowest BCUT2D eigenvalue weighted by Gasteiger charge is -2.07. The lowest BCUT2D eigenvalue weighted by Crippen LogP contribution is -2.12. The van der Waals surface area contributed by atoms with Gasteiger partial charge < -0.3 is 11.5 Å². The number of carbonyl (C=O) groups is 1. The number of carbonyl (C=O) groups excluding carboxylic acids is 1. The average molecular weight is 212 g/mol. The Labute approximate surface area is 93.7 Å². The molecule has 0 atom stereocenters. The summed E-state index contributed by atoms with van der Waals surface area (Å²) in [6.07, 6.45) is 0. The van der Waals surface area contributed by atoms with Gasteiger partial charge in [-0.15, -0.1) is 0 Å². The van der Waals surface area contributed by atoms with Gasteiger partial charge in [-0.05, 0) is 29.3 Å². The van der Waals surface area contributed by atoms with Crippen LogP contribution in [-0.2, 0) is 0 Å². The summed E-state index contributed by atoms with van der Waals surface area (Å²) in [6.45, 7) is 0. The predicted molar refractivity (Wildman–Crippen MR) is 64.8 cm³/mol. The Bertz CT molecular complexity index is 535. The molecule has 0 saturated carbocycles. The third-order valence-corrected chi connectivity index (χ3v) is 2.39. The van der Waals surface area contributed by atoms with Crippen LogP contribution in [0.25, 0.3) is 11.1 Å². The van der Waals surface area contributed by atoms with E-state index in [-0.39, 0.29) is 0 Å². The molecule has 1 amide bonds. The number of nitrogens with two attached hydrogens (primary N) is 2. The molecule has 4 N–H and O–H groups in total. The highest BCUT2D eigenvalue weighted by Crippen LogP contribution is 2.24. The highest BCUT2D eigenvalue weighted by Gasteiger charge is 2.08. The van der Waals surface area contributed by atoms with Crippen molar-refractivity contribution in [2.24, 2.45) is 5.73 Å². The third kappa shape index (κ3) is 1.88. The fourth-order valence-electron chi connectivity index (χ4n) is 1.66. The third-order valence-electron chi connectivity index (χ3n) is 2.39. The summed E-state index contributed by atoms with van der Waals surface area (Å²) in [5.41, 5.74) is 13.9. The van der Waals surface area contributed by atoms with Crippen LogP contribution in [0.4, 0.5) is 5.69 Å². The first kappa shape index (κ1) is 10.2. The van der Waals surface area contributed by atoms with Gasteiger partial charge in [-0.2, -0.15) is 0 Å². The van der Waals surface area contributed by atoms with E-state index in [0.29, 0.717) is 11.3 Å². The first-order valence-corrected chi connectivity index (χ1v) is 4.93. The standard InChI is InChI=1S/C13H12N2O/c14-10-5-3-4-9(8-10)11-6-1-2-7-12(11)13(15)16/h1-8H,14H2,(H2,15,16). The summed E-state index contributed by atoms with van der Waals surface area (Å²) in [5, 5.41) is 0. The molecule has 3 nitrogen and oxygen atoms in total. The molecule has 0 aliphatic heterocycles. The van der Waals surface area contributed by atoms with E-state index in [1.807, 2.05) is 30.3 Å². The van der Waals surface area contributed by atoms with E-state index in [2.05, 4.69) is 0 Å². The summed E-state index contributed by atoms with van der Waals surface area (Å²) in [7, 11) is 0. The molecule has 2 aromatic rings. The Hall–Kier alpha value is -2.29. The van der Waals surface area contributed by atoms with Gasteiger partial charge in [0, 0.05) is 11.3 Å². The second-order valence-electron chi connectivity index (χ2n) is 3.54. The van der Waals surface area contributed by atoms with Crippen molar-refractivity contribution in [1.82, 2.24) is 0 Å². The highest BCUT2D eigenvalue weighted by atomic mass is 16.1. The summed E-state index contributed by atoms with van der Waals surface area (Å²) in [4.78, 5) is 11.3. The number of anilines is 1. The second kappa shape index (κ2) is 4.06. The zero-order valence-corrected chi connectivity index (χ0v) is 8.68. The molecule has 0 aliphatic carbocycles. The van der Waals surface area contributed by atoms with E-state index in [9.17, 15) is 4.79 Å². The van der Waals surface area contributed by atoms with Gasteiger partial charge in [0.1, 0.15) is 0 Å². The van der Waals surface area contributed by atoms with Crippen molar-refractivity contribution in [3.8, 4) is 11.1 Å². The molecule has 0 radical (unpaired) electrons. The van der Waals surface area contributed by atoms with Gasteiger partial charge in [-0.1, -0.05) is 30.3 Å². The van der Waals surface area contributed by atoms with Crippen LogP contribution in [0.5, 0.6) is 0 Å². The first-order chi connectivity index (χ1) is 7.68. The molecule has 80 valence electrons. The van der Waals surface area contributed by atoms with Crippen molar-refractivity contribution in [3.05, 3.63) is 54.1 Å². The molecule has 16 heavy (non-hydrogen) atoms. The smallest absolute Gasteiger partial charge is 0.249 e. The monoisotopic (exact) mass is 212 g/mol.